The predicted octanol–water partition coefficient (Wildman–Crippen LogP) is 2.94. The molecule has 3 heteroatoms. The second-order valence-electron chi connectivity index (χ2n) is 6.67. The molecule has 0 aromatic heterocycles. The molecule has 21 heavy (non-hydrogen) atoms. The largest absolute Gasteiger partial charge is 0.337 e. The quantitative estimate of drug-likeness (QED) is 0.853. The van der Waals surface area contributed by atoms with Gasteiger partial charge in [-0.1, -0.05) is 24.6 Å². The summed E-state index contributed by atoms with van der Waals surface area (Å²) in [5.41, 5.74) is 2.00. The number of hydrogen-bond acceptors (Lipinski definition) is 2. The molecular weight excluding hydrogens is 260 g/mol. The van der Waals surface area contributed by atoms with Crippen LogP contribution in [0.1, 0.15) is 42.1 Å². The molecule has 3 saturated heterocycles. The molecule has 114 valence electrons. The van der Waals surface area contributed by atoms with Gasteiger partial charge < -0.3 is 4.90 Å². The first kappa shape index (κ1) is 14.6. The molecule has 3 nitrogen and oxygen atoms in total. The van der Waals surface area contributed by atoms with E-state index in [0.717, 1.165) is 24.2 Å². The lowest BCUT2D eigenvalue weighted by Crippen LogP contribution is -2.44. The Labute approximate surface area is 127 Å². The summed E-state index contributed by atoms with van der Waals surface area (Å²) in [5.74, 6) is 0.873. The summed E-state index contributed by atoms with van der Waals surface area (Å²) < 4.78 is 0. The first-order valence-electron chi connectivity index (χ1n) is 8.27. The average molecular weight is 286 g/mol. The van der Waals surface area contributed by atoms with Gasteiger partial charge in [0.1, 0.15) is 0 Å². The molecule has 0 unspecified atom stereocenters. The van der Waals surface area contributed by atoms with E-state index in [2.05, 4.69) is 16.7 Å². The normalized spacial score (nSPS) is 25.9. The molecule has 4 rings (SSSR count). The van der Waals surface area contributed by atoms with Crippen molar-refractivity contribution >= 4 is 5.91 Å². The van der Waals surface area contributed by atoms with Gasteiger partial charge in [0.25, 0.3) is 5.91 Å². The number of aryl methyl sites for hydroxylation is 1. The number of hydrogen-bond donors (Lipinski definition) is 0. The summed E-state index contributed by atoms with van der Waals surface area (Å²) in [4.78, 5) is 17.5. The Kier molecular flexibility index (Phi) is 4.29. The summed E-state index contributed by atoms with van der Waals surface area (Å²) in [5, 5.41) is 0. The van der Waals surface area contributed by atoms with E-state index >= 15 is 0 Å². The van der Waals surface area contributed by atoms with Gasteiger partial charge in [0.2, 0.25) is 0 Å². The summed E-state index contributed by atoms with van der Waals surface area (Å²) in [6.45, 7) is 8.48. The van der Waals surface area contributed by atoms with Crippen molar-refractivity contribution in [3.05, 3.63) is 35.4 Å². The number of benzene rings is 1. The molecule has 2 bridgehead atoms. The molecule has 0 radical (unpaired) electrons. The van der Waals surface area contributed by atoms with Crippen LogP contribution >= 0.6 is 0 Å². The zero-order valence-corrected chi connectivity index (χ0v) is 13.2. The van der Waals surface area contributed by atoms with Gasteiger partial charge in [0.15, 0.2) is 0 Å². The number of fused-ring (bicyclic) bond motifs is 4. The van der Waals surface area contributed by atoms with Crippen LogP contribution in [0, 0.1) is 12.8 Å². The molecule has 2 atom stereocenters. The molecule has 0 spiro atoms. The highest BCUT2D eigenvalue weighted by molar-refractivity contribution is 5.94. The molecule has 3 fully saturated rings. The first-order chi connectivity index (χ1) is 10.2. The van der Waals surface area contributed by atoms with Crippen LogP contribution in [0.2, 0.25) is 0 Å². The van der Waals surface area contributed by atoms with Crippen molar-refractivity contribution in [3.8, 4) is 0 Å². The summed E-state index contributed by atoms with van der Waals surface area (Å²) >= 11 is 0. The van der Waals surface area contributed by atoms with Crippen molar-refractivity contribution in [2.24, 2.45) is 5.92 Å². The zero-order valence-electron chi connectivity index (χ0n) is 13.2. The van der Waals surface area contributed by atoms with Gasteiger partial charge in [0.05, 0.1) is 0 Å². The van der Waals surface area contributed by atoms with Crippen LogP contribution in [0.5, 0.6) is 0 Å². The van der Waals surface area contributed by atoms with Gasteiger partial charge in [-0.25, -0.2) is 0 Å². The van der Waals surface area contributed by atoms with Crippen molar-refractivity contribution < 1.29 is 4.79 Å². The van der Waals surface area contributed by atoms with Gasteiger partial charge in [-0.2, -0.15) is 0 Å². The van der Waals surface area contributed by atoms with Crippen LogP contribution in [0.3, 0.4) is 0 Å². The number of piperidine rings is 1. The van der Waals surface area contributed by atoms with E-state index in [1.54, 1.807) is 0 Å². The summed E-state index contributed by atoms with van der Waals surface area (Å²) in [6, 6.07) is 8.56. The predicted molar refractivity (Wildman–Crippen MR) is 85.5 cm³/mol. The molecular formula is C18H26N2O. The van der Waals surface area contributed by atoms with Crippen molar-refractivity contribution in [3.63, 3.8) is 0 Å². The topological polar surface area (TPSA) is 23.6 Å². The first-order valence-corrected chi connectivity index (χ1v) is 8.27. The maximum atomic E-state index is 12.8. The van der Waals surface area contributed by atoms with E-state index in [4.69, 9.17) is 0 Å². The standard InChI is InChI=1S/C18H26N2O/c1-3-9-19-11-15-7-8-17(19)13-20(12-15)18(21)16-6-4-5-14(2)10-16/h4-6,10,15,17H,3,7-9,11-13H2,1-2H3/t15-,17-/m1/s1. The minimum Gasteiger partial charge on any atom is -0.337 e. The number of rotatable bonds is 3. The Bertz CT molecular complexity index is 514. The third-order valence-corrected chi connectivity index (χ3v) is 4.89. The fourth-order valence-electron chi connectivity index (χ4n) is 3.87. The van der Waals surface area contributed by atoms with Crippen LogP contribution in [0.25, 0.3) is 0 Å². The average Bonchev–Trinajstić information content (AvgIpc) is 2.78. The Hall–Kier alpha value is -1.35. The maximum absolute atomic E-state index is 12.8. The van der Waals surface area contributed by atoms with Gasteiger partial charge in [-0.05, 0) is 50.8 Å². The van der Waals surface area contributed by atoms with Gasteiger partial charge in [-0.15, -0.1) is 0 Å². The SMILES string of the molecule is CCCN1C[C@H]2CC[C@@H]1CN(C(=O)c1cccc(C)c1)C2. The monoisotopic (exact) mass is 286 g/mol. The summed E-state index contributed by atoms with van der Waals surface area (Å²) in [7, 11) is 0. The highest BCUT2D eigenvalue weighted by Crippen LogP contribution is 2.28. The third-order valence-electron chi connectivity index (χ3n) is 4.89. The Morgan fingerprint density at radius 3 is 2.86 bits per heavy atom. The maximum Gasteiger partial charge on any atom is 0.253 e. The molecule has 3 aliphatic rings. The van der Waals surface area contributed by atoms with Crippen LogP contribution in [0.15, 0.2) is 24.3 Å². The zero-order chi connectivity index (χ0) is 14.8. The lowest BCUT2D eigenvalue weighted by Gasteiger charge is -2.35. The van der Waals surface area contributed by atoms with E-state index in [9.17, 15) is 4.79 Å². The van der Waals surface area contributed by atoms with E-state index in [1.165, 1.54) is 32.4 Å². The van der Waals surface area contributed by atoms with Crippen molar-refractivity contribution in [2.45, 2.75) is 39.2 Å². The highest BCUT2D eigenvalue weighted by Gasteiger charge is 2.36. The van der Waals surface area contributed by atoms with Crippen LogP contribution in [0.4, 0.5) is 0 Å². The molecule has 1 aromatic carbocycles. The lowest BCUT2D eigenvalue weighted by atomic mass is 9.95. The number of carbonyl (C=O) groups is 1. The molecule has 3 aliphatic heterocycles. The van der Waals surface area contributed by atoms with Crippen molar-refractivity contribution in [1.82, 2.24) is 9.80 Å². The fourth-order valence-corrected chi connectivity index (χ4v) is 3.87. The summed E-state index contributed by atoms with van der Waals surface area (Å²) in [6.07, 6.45) is 3.74. The number of carbonyl (C=O) groups excluding carboxylic acids is 1. The van der Waals surface area contributed by atoms with Gasteiger partial charge >= 0.3 is 0 Å². The Balaban J connectivity index is 1.76. The van der Waals surface area contributed by atoms with Crippen LogP contribution < -0.4 is 0 Å². The minimum absolute atomic E-state index is 0.217. The van der Waals surface area contributed by atoms with E-state index in [0.29, 0.717) is 12.0 Å². The minimum atomic E-state index is 0.217. The van der Waals surface area contributed by atoms with Gasteiger partial charge in [-0.3, -0.25) is 9.69 Å². The molecule has 0 saturated carbocycles. The molecule has 1 aromatic rings. The molecule has 1 amide bonds. The third kappa shape index (κ3) is 3.13. The van der Waals surface area contributed by atoms with Crippen LogP contribution in [-0.4, -0.2) is 47.9 Å². The van der Waals surface area contributed by atoms with E-state index in [1.807, 2.05) is 31.2 Å². The molecule has 0 N–H and O–H groups in total. The van der Waals surface area contributed by atoms with E-state index in [-0.39, 0.29) is 5.91 Å². The van der Waals surface area contributed by atoms with Gasteiger partial charge in [0, 0.05) is 31.2 Å². The van der Waals surface area contributed by atoms with Crippen molar-refractivity contribution in [2.75, 3.05) is 26.2 Å². The lowest BCUT2D eigenvalue weighted by molar-refractivity contribution is 0.0738. The van der Waals surface area contributed by atoms with E-state index < -0.39 is 0 Å². The fraction of sp³-hybridized carbons (Fsp3) is 0.611. The van der Waals surface area contributed by atoms with Crippen LogP contribution in [-0.2, 0) is 0 Å². The molecule has 0 aliphatic carbocycles. The Morgan fingerprint density at radius 2 is 2.10 bits per heavy atom. The van der Waals surface area contributed by atoms with Crippen molar-refractivity contribution in [1.29, 1.82) is 0 Å². The second-order valence-corrected chi connectivity index (χ2v) is 6.67. The number of nitrogens with zero attached hydrogens (tertiary/aromatic N) is 2. The Morgan fingerprint density at radius 1 is 1.24 bits per heavy atom. The molecule has 3 heterocycles. The smallest absolute Gasteiger partial charge is 0.253 e. The second kappa shape index (κ2) is 6.18. The highest BCUT2D eigenvalue weighted by atomic mass is 16.2. The number of amides is 1.